The molecule has 5 heteroatoms. The van der Waals surface area contributed by atoms with Crippen molar-refractivity contribution in [3.8, 4) is 0 Å². The molecule has 0 aromatic carbocycles. The van der Waals surface area contributed by atoms with Gasteiger partial charge in [-0.25, -0.2) is 4.98 Å². The highest BCUT2D eigenvalue weighted by Gasteiger charge is 2.20. The molecule has 1 fully saturated rings. The van der Waals surface area contributed by atoms with E-state index in [4.69, 9.17) is 5.73 Å². The van der Waals surface area contributed by atoms with Gasteiger partial charge in [-0.15, -0.1) is 0 Å². The van der Waals surface area contributed by atoms with E-state index in [0.717, 1.165) is 37.6 Å². The van der Waals surface area contributed by atoms with Crippen molar-refractivity contribution in [1.82, 2.24) is 14.9 Å². The van der Waals surface area contributed by atoms with Gasteiger partial charge < -0.3 is 10.6 Å². The van der Waals surface area contributed by atoms with Crippen LogP contribution < -0.4 is 10.6 Å². The number of nitrogen functional groups attached to an aromatic ring is 1. The van der Waals surface area contributed by atoms with Crippen LogP contribution in [-0.2, 0) is 0 Å². The van der Waals surface area contributed by atoms with Crippen molar-refractivity contribution in [2.45, 2.75) is 26.8 Å². The van der Waals surface area contributed by atoms with Crippen molar-refractivity contribution >= 4 is 11.8 Å². The minimum Gasteiger partial charge on any atom is -0.368 e. The number of aromatic nitrogens is 2. The molecule has 2 heterocycles. The molecule has 1 saturated heterocycles. The predicted octanol–water partition coefficient (Wildman–Crippen LogP) is 0.898. The van der Waals surface area contributed by atoms with E-state index in [0.29, 0.717) is 12.0 Å². The maximum absolute atomic E-state index is 5.65. The molecule has 0 amide bonds. The van der Waals surface area contributed by atoms with Crippen molar-refractivity contribution in [2.75, 3.05) is 36.8 Å². The standard InChI is InChI=1S/C12H21N5/c1-9(2)16-4-6-17(7-5-16)11-10(3)8-14-12(13)15-11/h8-9H,4-7H2,1-3H3,(H2,13,14,15). The Morgan fingerprint density at radius 1 is 1.24 bits per heavy atom. The fourth-order valence-corrected chi connectivity index (χ4v) is 2.22. The SMILES string of the molecule is Cc1cnc(N)nc1N1CCN(C(C)C)CC1. The average molecular weight is 235 g/mol. The third kappa shape index (κ3) is 2.66. The van der Waals surface area contributed by atoms with E-state index in [1.54, 1.807) is 6.20 Å². The van der Waals surface area contributed by atoms with Crippen LogP contribution in [0.25, 0.3) is 0 Å². The van der Waals surface area contributed by atoms with Gasteiger partial charge in [-0.05, 0) is 20.8 Å². The molecule has 1 aromatic heterocycles. The molecule has 0 unspecified atom stereocenters. The van der Waals surface area contributed by atoms with E-state index < -0.39 is 0 Å². The first-order valence-corrected chi connectivity index (χ1v) is 6.16. The van der Waals surface area contributed by atoms with Crippen LogP contribution in [0.15, 0.2) is 6.20 Å². The van der Waals surface area contributed by atoms with Gasteiger partial charge in [-0.2, -0.15) is 4.98 Å². The molecule has 2 rings (SSSR count). The van der Waals surface area contributed by atoms with E-state index in [2.05, 4.69) is 33.6 Å². The van der Waals surface area contributed by atoms with E-state index >= 15 is 0 Å². The second-order valence-electron chi connectivity index (χ2n) is 4.85. The van der Waals surface area contributed by atoms with E-state index in [-0.39, 0.29) is 0 Å². The fraction of sp³-hybridized carbons (Fsp3) is 0.667. The zero-order chi connectivity index (χ0) is 12.4. The number of nitrogens with two attached hydrogens (primary N) is 1. The van der Waals surface area contributed by atoms with Gasteiger partial charge in [0.25, 0.3) is 0 Å². The lowest BCUT2D eigenvalue weighted by Crippen LogP contribution is -2.49. The molecule has 5 nitrogen and oxygen atoms in total. The van der Waals surface area contributed by atoms with Crippen molar-refractivity contribution in [3.63, 3.8) is 0 Å². The summed E-state index contributed by atoms with van der Waals surface area (Å²) in [7, 11) is 0. The number of piperazine rings is 1. The Balaban J connectivity index is 2.07. The minimum absolute atomic E-state index is 0.358. The van der Waals surface area contributed by atoms with Gasteiger partial charge in [0.15, 0.2) is 0 Å². The van der Waals surface area contributed by atoms with Gasteiger partial charge in [0.1, 0.15) is 5.82 Å². The van der Waals surface area contributed by atoms with Crippen molar-refractivity contribution in [1.29, 1.82) is 0 Å². The van der Waals surface area contributed by atoms with Gasteiger partial charge in [0.2, 0.25) is 5.95 Å². The molecule has 0 atom stereocenters. The zero-order valence-corrected chi connectivity index (χ0v) is 10.8. The minimum atomic E-state index is 0.358. The molecule has 0 saturated carbocycles. The van der Waals surface area contributed by atoms with Crippen LogP contribution in [0.5, 0.6) is 0 Å². The summed E-state index contributed by atoms with van der Waals surface area (Å²) in [6.07, 6.45) is 1.80. The third-order valence-corrected chi connectivity index (χ3v) is 3.31. The predicted molar refractivity (Wildman–Crippen MR) is 70.1 cm³/mol. The number of hydrogen-bond donors (Lipinski definition) is 1. The monoisotopic (exact) mass is 235 g/mol. The summed E-state index contributed by atoms with van der Waals surface area (Å²) in [5, 5.41) is 0. The summed E-state index contributed by atoms with van der Waals surface area (Å²) in [6.45, 7) is 10.7. The van der Waals surface area contributed by atoms with E-state index in [1.165, 1.54) is 0 Å². The first kappa shape index (κ1) is 12.1. The Hall–Kier alpha value is -1.36. The lowest BCUT2D eigenvalue weighted by Gasteiger charge is -2.37. The number of rotatable bonds is 2. The van der Waals surface area contributed by atoms with Crippen LogP contribution in [0.4, 0.5) is 11.8 Å². The van der Waals surface area contributed by atoms with E-state index in [1.807, 2.05) is 6.92 Å². The second kappa shape index (κ2) is 4.87. The largest absolute Gasteiger partial charge is 0.368 e. The highest BCUT2D eigenvalue weighted by Crippen LogP contribution is 2.19. The van der Waals surface area contributed by atoms with Gasteiger partial charge in [0, 0.05) is 44.0 Å². The third-order valence-electron chi connectivity index (χ3n) is 3.31. The molecule has 2 N–H and O–H groups in total. The molecule has 0 aliphatic carbocycles. The van der Waals surface area contributed by atoms with Crippen LogP contribution in [0, 0.1) is 6.92 Å². The normalized spacial score (nSPS) is 17.8. The molecule has 0 radical (unpaired) electrons. The fourth-order valence-electron chi connectivity index (χ4n) is 2.22. The van der Waals surface area contributed by atoms with Crippen molar-refractivity contribution in [2.24, 2.45) is 0 Å². The van der Waals surface area contributed by atoms with Crippen LogP contribution in [0.3, 0.4) is 0 Å². The molecule has 1 aromatic rings. The number of hydrogen-bond acceptors (Lipinski definition) is 5. The molecule has 94 valence electrons. The van der Waals surface area contributed by atoms with Crippen LogP contribution in [-0.4, -0.2) is 47.1 Å². The Morgan fingerprint density at radius 2 is 1.88 bits per heavy atom. The van der Waals surface area contributed by atoms with Gasteiger partial charge in [-0.3, -0.25) is 4.90 Å². The molecule has 0 bridgehead atoms. The van der Waals surface area contributed by atoms with Gasteiger partial charge in [-0.1, -0.05) is 0 Å². The first-order chi connectivity index (χ1) is 8.08. The molecule has 17 heavy (non-hydrogen) atoms. The summed E-state index contributed by atoms with van der Waals surface area (Å²) in [5.74, 6) is 1.35. The van der Waals surface area contributed by atoms with Crippen molar-refractivity contribution < 1.29 is 0 Å². The average Bonchev–Trinajstić information content (AvgIpc) is 2.32. The van der Waals surface area contributed by atoms with Gasteiger partial charge in [0.05, 0.1) is 0 Å². The van der Waals surface area contributed by atoms with Crippen LogP contribution >= 0.6 is 0 Å². The Morgan fingerprint density at radius 3 is 2.47 bits per heavy atom. The number of anilines is 2. The smallest absolute Gasteiger partial charge is 0.221 e. The summed E-state index contributed by atoms with van der Waals surface area (Å²) >= 11 is 0. The Bertz CT molecular complexity index is 382. The summed E-state index contributed by atoms with van der Waals surface area (Å²) in [4.78, 5) is 13.1. The molecular weight excluding hydrogens is 214 g/mol. The highest BCUT2D eigenvalue weighted by atomic mass is 15.3. The van der Waals surface area contributed by atoms with E-state index in [9.17, 15) is 0 Å². The van der Waals surface area contributed by atoms with Crippen LogP contribution in [0.1, 0.15) is 19.4 Å². The Kier molecular flexibility index (Phi) is 3.47. The maximum Gasteiger partial charge on any atom is 0.221 e. The summed E-state index contributed by atoms with van der Waals surface area (Å²) < 4.78 is 0. The lowest BCUT2D eigenvalue weighted by atomic mass is 10.2. The quantitative estimate of drug-likeness (QED) is 0.825. The molecule has 0 spiro atoms. The summed E-state index contributed by atoms with van der Waals surface area (Å²) in [6, 6.07) is 0.619. The highest BCUT2D eigenvalue weighted by molar-refractivity contribution is 5.48. The van der Waals surface area contributed by atoms with Crippen molar-refractivity contribution in [3.05, 3.63) is 11.8 Å². The molecule has 1 aliphatic rings. The van der Waals surface area contributed by atoms with Gasteiger partial charge >= 0.3 is 0 Å². The second-order valence-corrected chi connectivity index (χ2v) is 4.85. The number of aryl methyl sites for hydroxylation is 1. The first-order valence-electron chi connectivity index (χ1n) is 6.16. The summed E-state index contributed by atoms with van der Waals surface area (Å²) in [5.41, 5.74) is 6.75. The molecule has 1 aliphatic heterocycles. The number of nitrogens with zero attached hydrogens (tertiary/aromatic N) is 4. The maximum atomic E-state index is 5.65. The lowest BCUT2D eigenvalue weighted by molar-refractivity contribution is 0.209. The topological polar surface area (TPSA) is 58.3 Å². The Labute approximate surface area is 103 Å². The zero-order valence-electron chi connectivity index (χ0n) is 10.8. The van der Waals surface area contributed by atoms with Crippen LogP contribution in [0.2, 0.25) is 0 Å². The molecular formula is C12H21N5.